The van der Waals surface area contributed by atoms with Crippen LogP contribution in [0.2, 0.25) is 0 Å². The number of aliphatic hydroxyl groups excluding tert-OH is 1. The van der Waals surface area contributed by atoms with Gasteiger partial charge in [0.1, 0.15) is 17.2 Å². The molecule has 21 heavy (non-hydrogen) atoms. The molecule has 106 valence electrons. The van der Waals surface area contributed by atoms with E-state index in [-0.39, 0.29) is 12.4 Å². The molecular weight excluding hydrogens is 269 g/mol. The Labute approximate surface area is 121 Å². The highest BCUT2D eigenvalue weighted by atomic mass is 19.1. The molecule has 0 unspecified atom stereocenters. The van der Waals surface area contributed by atoms with Crippen LogP contribution in [-0.2, 0) is 6.61 Å². The summed E-state index contributed by atoms with van der Waals surface area (Å²) in [7, 11) is 0. The average Bonchev–Trinajstić information content (AvgIpc) is 2.92. The van der Waals surface area contributed by atoms with Crippen molar-refractivity contribution in [3.63, 3.8) is 0 Å². The molecule has 3 rings (SSSR count). The van der Waals surface area contributed by atoms with Gasteiger partial charge in [-0.15, -0.1) is 5.10 Å². The number of aryl methyl sites for hydroxylation is 1. The summed E-state index contributed by atoms with van der Waals surface area (Å²) >= 11 is 0. The number of hydrogen-bond acceptors (Lipinski definition) is 3. The van der Waals surface area contributed by atoms with Gasteiger partial charge in [-0.2, -0.15) is 0 Å². The summed E-state index contributed by atoms with van der Waals surface area (Å²) in [6.45, 7) is 1.78. The van der Waals surface area contributed by atoms with E-state index in [0.717, 1.165) is 11.1 Å². The lowest BCUT2D eigenvalue weighted by Gasteiger charge is -2.08. The molecule has 0 atom stereocenters. The second kappa shape index (κ2) is 5.46. The maximum Gasteiger partial charge on any atom is 0.125 e. The fourth-order valence-electron chi connectivity index (χ4n) is 2.21. The maximum atomic E-state index is 13.4. The molecule has 3 aromatic rings. The van der Waals surface area contributed by atoms with Gasteiger partial charge in [-0.05, 0) is 25.1 Å². The van der Waals surface area contributed by atoms with Gasteiger partial charge < -0.3 is 5.11 Å². The first-order valence-corrected chi connectivity index (χ1v) is 6.57. The predicted octanol–water partition coefficient (Wildman–Crippen LogP) is 2.87. The Morgan fingerprint density at radius 3 is 2.57 bits per heavy atom. The lowest BCUT2D eigenvalue weighted by atomic mass is 10.1. The third-order valence-corrected chi connectivity index (χ3v) is 3.27. The van der Waals surface area contributed by atoms with Gasteiger partial charge in [0.25, 0.3) is 0 Å². The highest BCUT2D eigenvalue weighted by Gasteiger charge is 2.15. The number of rotatable bonds is 3. The fraction of sp³-hybridized carbons (Fsp3) is 0.125. The second-order valence-electron chi connectivity index (χ2n) is 4.80. The van der Waals surface area contributed by atoms with E-state index in [2.05, 4.69) is 10.3 Å². The Morgan fingerprint density at radius 1 is 1.14 bits per heavy atom. The third-order valence-electron chi connectivity index (χ3n) is 3.27. The Bertz CT molecular complexity index is 765. The topological polar surface area (TPSA) is 50.9 Å². The van der Waals surface area contributed by atoms with E-state index in [9.17, 15) is 9.50 Å². The predicted molar refractivity (Wildman–Crippen MR) is 77.4 cm³/mol. The number of aliphatic hydroxyl groups is 1. The molecule has 1 N–H and O–H groups in total. The first-order valence-electron chi connectivity index (χ1n) is 6.57. The van der Waals surface area contributed by atoms with Crippen molar-refractivity contribution in [2.75, 3.05) is 0 Å². The zero-order chi connectivity index (χ0) is 14.8. The lowest BCUT2D eigenvalue weighted by molar-refractivity contribution is 0.277. The van der Waals surface area contributed by atoms with Crippen LogP contribution >= 0.6 is 0 Å². The van der Waals surface area contributed by atoms with Gasteiger partial charge >= 0.3 is 0 Å². The molecular formula is C16H14FN3O. The van der Waals surface area contributed by atoms with Gasteiger partial charge in [0.05, 0.1) is 12.3 Å². The van der Waals surface area contributed by atoms with Crippen molar-refractivity contribution in [2.45, 2.75) is 13.5 Å². The molecule has 0 bridgehead atoms. The van der Waals surface area contributed by atoms with Crippen LogP contribution in [0.3, 0.4) is 0 Å². The summed E-state index contributed by atoms with van der Waals surface area (Å²) in [4.78, 5) is 0. The minimum atomic E-state index is -0.344. The van der Waals surface area contributed by atoms with Gasteiger partial charge in [-0.1, -0.05) is 41.1 Å². The minimum absolute atomic E-state index is 0.224. The maximum absolute atomic E-state index is 13.4. The van der Waals surface area contributed by atoms with E-state index in [0.29, 0.717) is 17.1 Å². The molecule has 2 aromatic carbocycles. The summed E-state index contributed by atoms with van der Waals surface area (Å²) in [5.74, 6) is -0.344. The van der Waals surface area contributed by atoms with E-state index in [4.69, 9.17) is 0 Å². The number of benzene rings is 2. The quantitative estimate of drug-likeness (QED) is 0.804. The first kappa shape index (κ1) is 13.5. The summed E-state index contributed by atoms with van der Waals surface area (Å²) < 4.78 is 15.0. The van der Waals surface area contributed by atoms with E-state index in [1.165, 1.54) is 12.1 Å². The summed E-state index contributed by atoms with van der Waals surface area (Å²) in [6, 6.07) is 13.9. The molecule has 0 saturated carbocycles. The molecule has 0 aliphatic rings. The van der Waals surface area contributed by atoms with Crippen LogP contribution < -0.4 is 0 Å². The molecule has 0 aliphatic carbocycles. The molecule has 4 nitrogen and oxygen atoms in total. The zero-order valence-electron chi connectivity index (χ0n) is 11.5. The highest BCUT2D eigenvalue weighted by Crippen LogP contribution is 2.25. The normalized spacial score (nSPS) is 10.8. The van der Waals surface area contributed by atoms with Gasteiger partial charge in [0, 0.05) is 5.56 Å². The van der Waals surface area contributed by atoms with Crippen molar-refractivity contribution >= 4 is 0 Å². The third kappa shape index (κ3) is 2.55. The molecule has 0 aliphatic heterocycles. The Morgan fingerprint density at radius 2 is 1.90 bits per heavy atom. The number of hydrogen-bond donors (Lipinski definition) is 1. The smallest absolute Gasteiger partial charge is 0.125 e. The number of nitrogens with zero attached hydrogens (tertiary/aromatic N) is 3. The standard InChI is InChI=1S/C16H14FN3O/c1-11-5-7-12(8-6-11)16-15(10-21)18-19-20(16)14-4-2-3-13(17)9-14/h2-9,21H,10H2,1H3. The Kier molecular flexibility index (Phi) is 3.50. The first-order chi connectivity index (χ1) is 10.2. The summed E-state index contributed by atoms with van der Waals surface area (Å²) in [5, 5.41) is 17.5. The largest absolute Gasteiger partial charge is 0.390 e. The monoisotopic (exact) mass is 283 g/mol. The molecule has 1 heterocycles. The van der Waals surface area contributed by atoms with E-state index < -0.39 is 0 Å². The van der Waals surface area contributed by atoms with Crippen molar-refractivity contribution in [1.29, 1.82) is 0 Å². The van der Waals surface area contributed by atoms with Gasteiger partial charge in [-0.25, -0.2) is 9.07 Å². The molecule has 1 aromatic heterocycles. The van der Waals surface area contributed by atoms with Crippen LogP contribution in [0.1, 0.15) is 11.3 Å². The highest BCUT2D eigenvalue weighted by molar-refractivity contribution is 5.64. The SMILES string of the molecule is Cc1ccc(-c2c(CO)nnn2-c2cccc(F)c2)cc1. The van der Waals surface area contributed by atoms with Gasteiger partial charge in [-0.3, -0.25) is 0 Å². The fourth-order valence-corrected chi connectivity index (χ4v) is 2.21. The van der Waals surface area contributed by atoms with Crippen LogP contribution in [-0.4, -0.2) is 20.1 Å². The Balaban J connectivity index is 2.19. The van der Waals surface area contributed by atoms with Crippen LogP contribution in [0.4, 0.5) is 4.39 Å². The van der Waals surface area contributed by atoms with Gasteiger partial charge in [0.15, 0.2) is 0 Å². The molecule has 0 saturated heterocycles. The molecule has 0 fully saturated rings. The van der Waals surface area contributed by atoms with Crippen molar-refractivity contribution in [2.24, 2.45) is 0 Å². The lowest BCUT2D eigenvalue weighted by Crippen LogP contribution is -2.00. The second-order valence-corrected chi connectivity index (χ2v) is 4.80. The molecule has 0 amide bonds. The van der Waals surface area contributed by atoms with Crippen LogP contribution in [0.15, 0.2) is 48.5 Å². The zero-order valence-corrected chi connectivity index (χ0v) is 11.5. The summed E-state index contributed by atoms with van der Waals surface area (Å²) in [5.41, 5.74) is 3.71. The van der Waals surface area contributed by atoms with Gasteiger partial charge in [0.2, 0.25) is 0 Å². The number of aromatic nitrogens is 3. The van der Waals surface area contributed by atoms with Crippen molar-refractivity contribution in [3.8, 4) is 16.9 Å². The minimum Gasteiger partial charge on any atom is -0.390 e. The van der Waals surface area contributed by atoms with Crippen molar-refractivity contribution < 1.29 is 9.50 Å². The van der Waals surface area contributed by atoms with Crippen LogP contribution in [0.25, 0.3) is 16.9 Å². The van der Waals surface area contributed by atoms with E-state index in [1.54, 1.807) is 16.8 Å². The Hall–Kier alpha value is -2.53. The molecule has 0 radical (unpaired) electrons. The molecule has 5 heteroatoms. The average molecular weight is 283 g/mol. The van der Waals surface area contributed by atoms with Crippen LogP contribution in [0.5, 0.6) is 0 Å². The summed E-state index contributed by atoms with van der Waals surface area (Å²) in [6.07, 6.45) is 0. The van der Waals surface area contributed by atoms with Crippen LogP contribution in [0, 0.1) is 12.7 Å². The van der Waals surface area contributed by atoms with Crippen molar-refractivity contribution in [3.05, 3.63) is 65.6 Å². The van der Waals surface area contributed by atoms with Crippen molar-refractivity contribution in [1.82, 2.24) is 15.0 Å². The van der Waals surface area contributed by atoms with E-state index in [1.807, 2.05) is 31.2 Å². The molecule has 0 spiro atoms. The van der Waals surface area contributed by atoms with E-state index >= 15 is 0 Å². The number of halogens is 1.